The van der Waals surface area contributed by atoms with Gasteiger partial charge in [-0.3, -0.25) is 9.78 Å². The summed E-state index contributed by atoms with van der Waals surface area (Å²) in [5.41, 5.74) is 2.23. The molecule has 2 aromatic heterocycles. The van der Waals surface area contributed by atoms with Crippen LogP contribution in [0.15, 0.2) is 24.4 Å². The molecule has 21 heavy (non-hydrogen) atoms. The van der Waals surface area contributed by atoms with Crippen molar-refractivity contribution in [3.63, 3.8) is 0 Å². The summed E-state index contributed by atoms with van der Waals surface area (Å²) in [6.45, 7) is 6.58. The highest BCUT2D eigenvalue weighted by Gasteiger charge is 2.16. The van der Waals surface area contributed by atoms with E-state index in [1.807, 2.05) is 39.0 Å². The monoisotopic (exact) mass is 323 g/mol. The Labute approximate surface area is 133 Å². The van der Waals surface area contributed by atoms with E-state index >= 15 is 0 Å². The van der Waals surface area contributed by atoms with Crippen LogP contribution >= 0.6 is 22.9 Å². The van der Waals surface area contributed by atoms with Gasteiger partial charge in [0.15, 0.2) is 0 Å². The Morgan fingerprint density at radius 3 is 2.86 bits per heavy atom. The first-order valence-corrected chi connectivity index (χ1v) is 7.97. The van der Waals surface area contributed by atoms with Crippen LogP contribution < -0.4 is 10.6 Å². The lowest BCUT2D eigenvalue weighted by molar-refractivity contribution is 0.0941. The van der Waals surface area contributed by atoms with Gasteiger partial charge in [-0.05, 0) is 39.0 Å². The van der Waals surface area contributed by atoms with Crippen molar-refractivity contribution in [1.82, 2.24) is 10.3 Å². The second-order valence-electron chi connectivity index (χ2n) is 4.74. The van der Waals surface area contributed by atoms with Crippen molar-refractivity contribution >= 4 is 34.5 Å². The fourth-order valence-electron chi connectivity index (χ4n) is 1.98. The third-order valence-corrected chi connectivity index (χ3v) is 4.43. The number of halogens is 1. The second kappa shape index (κ2) is 6.91. The highest BCUT2D eigenvalue weighted by molar-refractivity contribution is 7.16. The summed E-state index contributed by atoms with van der Waals surface area (Å²) in [5, 5.41) is 6.17. The predicted octanol–water partition coefficient (Wildman–Crippen LogP) is 4.03. The molecule has 0 bridgehead atoms. The summed E-state index contributed by atoms with van der Waals surface area (Å²) in [5.74, 6) is -0.143. The Balaban J connectivity index is 2.16. The molecule has 0 aliphatic heterocycles. The number of nitrogens with zero attached hydrogens (tertiary/aromatic N) is 1. The molecule has 2 heterocycles. The van der Waals surface area contributed by atoms with Crippen molar-refractivity contribution in [2.45, 2.75) is 26.8 Å². The molecular formula is C15H18ClN3OS. The topological polar surface area (TPSA) is 54.0 Å². The van der Waals surface area contributed by atoms with Crippen molar-refractivity contribution in [2.24, 2.45) is 0 Å². The van der Waals surface area contributed by atoms with E-state index < -0.39 is 0 Å². The summed E-state index contributed by atoms with van der Waals surface area (Å²) in [4.78, 5) is 17.7. The first kappa shape index (κ1) is 15.8. The fraction of sp³-hybridized carbons (Fsp3) is 0.333. The molecule has 0 aliphatic rings. The molecule has 1 atom stereocenters. The maximum absolute atomic E-state index is 12.4. The standard InChI is InChI=1S/C15H18ClN3OS/c1-4-17-12-7-9(2)18-8-11(12)15(20)19-10(3)13-5-6-14(16)21-13/h5-8,10H,4H2,1-3H3,(H,17,18)(H,19,20). The van der Waals surface area contributed by atoms with Crippen LogP contribution in [0.2, 0.25) is 4.34 Å². The number of hydrogen-bond acceptors (Lipinski definition) is 4. The van der Waals surface area contributed by atoms with Gasteiger partial charge in [0, 0.05) is 23.3 Å². The van der Waals surface area contributed by atoms with Crippen molar-refractivity contribution in [2.75, 3.05) is 11.9 Å². The number of carbonyl (C=O) groups is 1. The lowest BCUT2D eigenvalue weighted by atomic mass is 10.1. The largest absolute Gasteiger partial charge is 0.385 e. The number of rotatable bonds is 5. The molecule has 4 nitrogen and oxygen atoms in total. The number of nitrogens with one attached hydrogen (secondary N) is 2. The van der Waals surface area contributed by atoms with E-state index in [1.54, 1.807) is 6.20 Å². The maximum atomic E-state index is 12.4. The number of hydrogen-bond donors (Lipinski definition) is 2. The van der Waals surface area contributed by atoms with E-state index in [2.05, 4.69) is 15.6 Å². The summed E-state index contributed by atoms with van der Waals surface area (Å²) < 4.78 is 0.719. The number of aryl methyl sites for hydroxylation is 1. The number of amides is 1. The zero-order valence-corrected chi connectivity index (χ0v) is 13.8. The molecule has 0 spiro atoms. The van der Waals surface area contributed by atoms with Gasteiger partial charge in [-0.25, -0.2) is 0 Å². The van der Waals surface area contributed by atoms with E-state index in [1.165, 1.54) is 11.3 Å². The summed E-state index contributed by atoms with van der Waals surface area (Å²) in [7, 11) is 0. The summed E-state index contributed by atoms with van der Waals surface area (Å²) in [6.07, 6.45) is 1.61. The van der Waals surface area contributed by atoms with Gasteiger partial charge in [0.05, 0.1) is 21.6 Å². The van der Waals surface area contributed by atoms with Crippen molar-refractivity contribution in [3.05, 3.63) is 44.9 Å². The van der Waals surface area contributed by atoms with Gasteiger partial charge in [0.25, 0.3) is 5.91 Å². The first-order chi connectivity index (χ1) is 10.0. The molecule has 0 fully saturated rings. The quantitative estimate of drug-likeness (QED) is 0.873. The lowest BCUT2D eigenvalue weighted by Crippen LogP contribution is -2.27. The first-order valence-electron chi connectivity index (χ1n) is 6.78. The zero-order valence-electron chi connectivity index (χ0n) is 12.2. The smallest absolute Gasteiger partial charge is 0.255 e. The van der Waals surface area contributed by atoms with Crippen molar-refractivity contribution in [1.29, 1.82) is 0 Å². The van der Waals surface area contributed by atoms with E-state index in [4.69, 9.17) is 11.6 Å². The molecule has 0 saturated heterocycles. The van der Waals surface area contributed by atoms with Crippen LogP contribution in [0.4, 0.5) is 5.69 Å². The summed E-state index contributed by atoms with van der Waals surface area (Å²) >= 11 is 7.40. The molecule has 0 saturated carbocycles. The van der Waals surface area contributed by atoms with E-state index in [9.17, 15) is 4.79 Å². The van der Waals surface area contributed by atoms with Crippen LogP contribution in [-0.4, -0.2) is 17.4 Å². The molecule has 2 N–H and O–H groups in total. The van der Waals surface area contributed by atoms with Crippen molar-refractivity contribution < 1.29 is 4.79 Å². The van der Waals surface area contributed by atoms with Crippen LogP contribution in [0.3, 0.4) is 0 Å². The van der Waals surface area contributed by atoms with Crippen LogP contribution in [0.1, 0.15) is 40.8 Å². The molecule has 112 valence electrons. The molecule has 0 aliphatic carbocycles. The highest BCUT2D eigenvalue weighted by Crippen LogP contribution is 2.27. The minimum absolute atomic E-state index is 0.0919. The van der Waals surface area contributed by atoms with E-state index in [0.29, 0.717) is 5.56 Å². The molecule has 0 aromatic carbocycles. The molecule has 1 amide bonds. The molecule has 2 rings (SSSR count). The van der Waals surface area contributed by atoms with Crippen LogP contribution in [0.25, 0.3) is 0 Å². The van der Waals surface area contributed by atoms with Crippen LogP contribution in [0.5, 0.6) is 0 Å². The number of anilines is 1. The maximum Gasteiger partial charge on any atom is 0.255 e. The Bertz CT molecular complexity index is 642. The van der Waals surface area contributed by atoms with Gasteiger partial charge < -0.3 is 10.6 Å². The second-order valence-corrected chi connectivity index (χ2v) is 6.49. The Morgan fingerprint density at radius 2 is 2.24 bits per heavy atom. The number of carbonyl (C=O) groups excluding carboxylic acids is 1. The van der Waals surface area contributed by atoms with Gasteiger partial charge in [-0.1, -0.05) is 11.6 Å². The van der Waals surface area contributed by atoms with E-state index in [0.717, 1.165) is 27.1 Å². The average molecular weight is 324 g/mol. The Kier molecular flexibility index (Phi) is 5.20. The molecule has 0 radical (unpaired) electrons. The summed E-state index contributed by atoms with van der Waals surface area (Å²) in [6, 6.07) is 5.55. The lowest BCUT2D eigenvalue weighted by Gasteiger charge is -2.15. The van der Waals surface area contributed by atoms with Crippen LogP contribution in [0, 0.1) is 6.92 Å². The number of aromatic nitrogens is 1. The Morgan fingerprint density at radius 1 is 1.48 bits per heavy atom. The number of thiophene rings is 1. The predicted molar refractivity (Wildman–Crippen MR) is 88.3 cm³/mol. The van der Waals surface area contributed by atoms with Gasteiger partial charge >= 0.3 is 0 Å². The van der Waals surface area contributed by atoms with Gasteiger partial charge in [0.2, 0.25) is 0 Å². The molecule has 1 unspecified atom stereocenters. The minimum atomic E-state index is -0.143. The third kappa shape index (κ3) is 3.95. The Hall–Kier alpha value is -1.59. The molecular weight excluding hydrogens is 306 g/mol. The molecule has 2 aromatic rings. The van der Waals surface area contributed by atoms with Gasteiger partial charge in [-0.2, -0.15) is 0 Å². The zero-order chi connectivity index (χ0) is 15.4. The van der Waals surface area contributed by atoms with Crippen LogP contribution in [-0.2, 0) is 0 Å². The highest BCUT2D eigenvalue weighted by atomic mass is 35.5. The minimum Gasteiger partial charge on any atom is -0.385 e. The third-order valence-electron chi connectivity index (χ3n) is 3.02. The van der Waals surface area contributed by atoms with Gasteiger partial charge in [0.1, 0.15) is 0 Å². The fourth-order valence-corrected chi connectivity index (χ4v) is 3.05. The van der Waals surface area contributed by atoms with Gasteiger partial charge in [-0.15, -0.1) is 11.3 Å². The normalized spacial score (nSPS) is 12.0. The molecule has 6 heteroatoms. The SMILES string of the molecule is CCNc1cc(C)ncc1C(=O)NC(C)c1ccc(Cl)s1. The number of pyridine rings is 1. The van der Waals surface area contributed by atoms with E-state index in [-0.39, 0.29) is 11.9 Å². The van der Waals surface area contributed by atoms with Crippen molar-refractivity contribution in [3.8, 4) is 0 Å². The average Bonchev–Trinajstić information content (AvgIpc) is 2.86.